The summed E-state index contributed by atoms with van der Waals surface area (Å²) in [6.45, 7) is 3.92. The van der Waals surface area contributed by atoms with Crippen molar-refractivity contribution < 1.29 is 4.92 Å². The predicted octanol–water partition coefficient (Wildman–Crippen LogP) is 4.49. The maximum absolute atomic E-state index is 11.6. The number of aromatic nitrogens is 2. The molecule has 7 nitrogen and oxygen atoms in total. The molecule has 0 fully saturated rings. The van der Waals surface area contributed by atoms with Gasteiger partial charge in [-0.05, 0) is 43.7 Å². The Morgan fingerprint density at radius 2 is 1.52 bits per heavy atom. The predicted molar refractivity (Wildman–Crippen MR) is 97.6 cm³/mol. The number of anilines is 4. The first-order valence-electron chi connectivity index (χ1n) is 7.70. The van der Waals surface area contributed by atoms with E-state index in [9.17, 15) is 10.1 Å². The molecule has 3 rings (SSSR count). The fourth-order valence-electron chi connectivity index (χ4n) is 2.37. The number of rotatable bonds is 5. The molecule has 1 heterocycles. The lowest BCUT2D eigenvalue weighted by molar-refractivity contribution is -0.383. The highest BCUT2D eigenvalue weighted by atomic mass is 16.6. The van der Waals surface area contributed by atoms with Crippen LogP contribution in [0.15, 0.2) is 54.9 Å². The molecule has 0 saturated carbocycles. The highest BCUT2D eigenvalue weighted by Crippen LogP contribution is 2.33. The molecule has 0 bridgehead atoms. The van der Waals surface area contributed by atoms with Crippen LogP contribution in [0.5, 0.6) is 0 Å². The zero-order chi connectivity index (χ0) is 17.8. The Hall–Kier alpha value is -3.48. The standard InChI is InChI=1S/C18H17N5O2/c1-12-6-8-14(9-7-12)21-17-16(23(24)25)18(20-11-19-17)22-15-5-3-4-13(2)10-15/h3-11H,1-2H3,(H2,19,20,21,22). The quantitative estimate of drug-likeness (QED) is 0.527. The topological polar surface area (TPSA) is 93.0 Å². The lowest BCUT2D eigenvalue weighted by Gasteiger charge is -2.10. The molecule has 0 spiro atoms. The number of aryl methyl sites for hydroxylation is 2. The van der Waals surface area contributed by atoms with E-state index in [0.717, 1.165) is 16.8 Å². The molecule has 0 aliphatic heterocycles. The third kappa shape index (κ3) is 3.89. The largest absolute Gasteiger partial charge is 0.353 e. The van der Waals surface area contributed by atoms with E-state index in [1.54, 1.807) is 0 Å². The molecule has 126 valence electrons. The van der Waals surface area contributed by atoms with Gasteiger partial charge in [0.2, 0.25) is 11.6 Å². The molecule has 7 heteroatoms. The summed E-state index contributed by atoms with van der Waals surface area (Å²) in [5, 5.41) is 17.6. The summed E-state index contributed by atoms with van der Waals surface area (Å²) in [5.74, 6) is 0.277. The van der Waals surface area contributed by atoms with Gasteiger partial charge in [0.25, 0.3) is 0 Å². The summed E-state index contributed by atoms with van der Waals surface area (Å²) in [4.78, 5) is 19.2. The molecule has 1 aromatic heterocycles. The highest BCUT2D eigenvalue weighted by molar-refractivity contribution is 5.76. The maximum Gasteiger partial charge on any atom is 0.353 e. The molecule has 2 aromatic carbocycles. The van der Waals surface area contributed by atoms with Crippen LogP contribution in [0.25, 0.3) is 0 Å². The highest BCUT2D eigenvalue weighted by Gasteiger charge is 2.23. The molecule has 0 saturated heterocycles. The summed E-state index contributed by atoms with van der Waals surface area (Å²) in [7, 11) is 0. The van der Waals surface area contributed by atoms with E-state index in [2.05, 4.69) is 20.6 Å². The Morgan fingerprint density at radius 3 is 2.12 bits per heavy atom. The van der Waals surface area contributed by atoms with Gasteiger partial charge in [-0.25, -0.2) is 9.97 Å². The minimum absolute atomic E-state index is 0.138. The van der Waals surface area contributed by atoms with Crippen molar-refractivity contribution in [1.82, 2.24) is 9.97 Å². The van der Waals surface area contributed by atoms with Crippen LogP contribution in [0.4, 0.5) is 28.7 Å². The summed E-state index contributed by atoms with van der Waals surface area (Å²) in [5.41, 5.74) is 3.38. The van der Waals surface area contributed by atoms with E-state index in [-0.39, 0.29) is 17.3 Å². The van der Waals surface area contributed by atoms with Gasteiger partial charge >= 0.3 is 5.69 Å². The van der Waals surface area contributed by atoms with Crippen molar-refractivity contribution in [2.24, 2.45) is 0 Å². The van der Waals surface area contributed by atoms with Crippen molar-refractivity contribution in [2.45, 2.75) is 13.8 Å². The van der Waals surface area contributed by atoms with Gasteiger partial charge in [-0.3, -0.25) is 10.1 Å². The van der Waals surface area contributed by atoms with Crippen LogP contribution in [-0.4, -0.2) is 14.9 Å². The number of nitrogens with zero attached hydrogens (tertiary/aromatic N) is 3. The molecular formula is C18H17N5O2. The minimum atomic E-state index is -0.491. The Bertz CT molecular complexity index is 910. The van der Waals surface area contributed by atoms with Crippen LogP contribution < -0.4 is 10.6 Å². The van der Waals surface area contributed by atoms with Crippen molar-refractivity contribution in [3.8, 4) is 0 Å². The maximum atomic E-state index is 11.6. The second kappa shape index (κ2) is 6.96. The van der Waals surface area contributed by atoms with Gasteiger partial charge in [0.15, 0.2) is 0 Å². The Balaban J connectivity index is 1.96. The van der Waals surface area contributed by atoms with Crippen molar-refractivity contribution in [3.05, 3.63) is 76.1 Å². The zero-order valence-corrected chi connectivity index (χ0v) is 13.9. The molecule has 0 atom stereocenters. The van der Waals surface area contributed by atoms with E-state index in [0.29, 0.717) is 5.69 Å². The lowest BCUT2D eigenvalue weighted by atomic mass is 10.2. The molecule has 25 heavy (non-hydrogen) atoms. The van der Waals surface area contributed by atoms with Crippen LogP contribution in [0.2, 0.25) is 0 Å². The molecule has 0 aliphatic carbocycles. The van der Waals surface area contributed by atoms with Gasteiger partial charge < -0.3 is 10.6 Å². The number of benzene rings is 2. The van der Waals surface area contributed by atoms with E-state index in [1.165, 1.54) is 6.33 Å². The summed E-state index contributed by atoms with van der Waals surface area (Å²) in [6, 6.07) is 15.1. The van der Waals surface area contributed by atoms with Gasteiger partial charge in [0.1, 0.15) is 6.33 Å². The fourth-order valence-corrected chi connectivity index (χ4v) is 2.37. The number of nitro groups is 1. The average Bonchev–Trinajstić information content (AvgIpc) is 2.57. The second-order valence-corrected chi connectivity index (χ2v) is 5.66. The molecule has 2 N–H and O–H groups in total. The Kier molecular flexibility index (Phi) is 4.56. The summed E-state index contributed by atoms with van der Waals surface area (Å²) < 4.78 is 0. The Morgan fingerprint density at radius 1 is 0.880 bits per heavy atom. The first-order valence-corrected chi connectivity index (χ1v) is 7.70. The fraction of sp³-hybridized carbons (Fsp3) is 0.111. The van der Waals surface area contributed by atoms with Crippen LogP contribution in [-0.2, 0) is 0 Å². The third-order valence-corrected chi connectivity index (χ3v) is 3.60. The van der Waals surface area contributed by atoms with Gasteiger partial charge in [0, 0.05) is 11.4 Å². The normalized spacial score (nSPS) is 10.3. The SMILES string of the molecule is Cc1ccc(Nc2ncnc(Nc3cccc(C)c3)c2[N+](=O)[O-])cc1. The van der Waals surface area contributed by atoms with Crippen molar-refractivity contribution in [3.63, 3.8) is 0 Å². The van der Waals surface area contributed by atoms with Crippen molar-refractivity contribution >= 4 is 28.7 Å². The monoisotopic (exact) mass is 335 g/mol. The van der Waals surface area contributed by atoms with Gasteiger partial charge in [0.05, 0.1) is 4.92 Å². The lowest BCUT2D eigenvalue weighted by Crippen LogP contribution is -2.05. The number of hydrogen-bond donors (Lipinski definition) is 2. The van der Waals surface area contributed by atoms with E-state index in [4.69, 9.17) is 0 Å². The molecule has 3 aromatic rings. The van der Waals surface area contributed by atoms with Gasteiger partial charge in [-0.1, -0.05) is 29.8 Å². The average molecular weight is 335 g/mol. The summed E-state index contributed by atoms with van der Waals surface area (Å²) in [6.07, 6.45) is 1.29. The molecular weight excluding hydrogens is 318 g/mol. The van der Waals surface area contributed by atoms with Crippen molar-refractivity contribution in [1.29, 1.82) is 0 Å². The van der Waals surface area contributed by atoms with Crippen LogP contribution in [0, 0.1) is 24.0 Å². The van der Waals surface area contributed by atoms with Gasteiger partial charge in [-0.2, -0.15) is 0 Å². The van der Waals surface area contributed by atoms with Gasteiger partial charge in [-0.15, -0.1) is 0 Å². The molecule has 0 amide bonds. The third-order valence-electron chi connectivity index (χ3n) is 3.60. The molecule has 0 unspecified atom stereocenters. The zero-order valence-electron chi connectivity index (χ0n) is 13.9. The van der Waals surface area contributed by atoms with Crippen LogP contribution in [0.3, 0.4) is 0 Å². The summed E-state index contributed by atoms with van der Waals surface area (Å²) >= 11 is 0. The first kappa shape index (κ1) is 16.4. The second-order valence-electron chi connectivity index (χ2n) is 5.66. The van der Waals surface area contributed by atoms with Crippen LogP contribution in [0.1, 0.15) is 11.1 Å². The first-order chi connectivity index (χ1) is 12.0. The molecule has 0 aliphatic rings. The van der Waals surface area contributed by atoms with E-state index >= 15 is 0 Å². The van der Waals surface area contributed by atoms with Crippen molar-refractivity contribution in [2.75, 3.05) is 10.6 Å². The molecule has 0 radical (unpaired) electrons. The minimum Gasteiger partial charge on any atom is -0.334 e. The van der Waals surface area contributed by atoms with E-state index < -0.39 is 4.92 Å². The smallest absolute Gasteiger partial charge is 0.334 e. The van der Waals surface area contributed by atoms with E-state index in [1.807, 2.05) is 62.4 Å². The number of nitrogens with one attached hydrogen (secondary N) is 2. The Labute approximate surface area is 144 Å². The van der Waals surface area contributed by atoms with Crippen LogP contribution >= 0.6 is 0 Å². The number of hydrogen-bond acceptors (Lipinski definition) is 6.